The highest BCUT2D eigenvalue weighted by Gasteiger charge is 2.17. The number of aromatic nitrogens is 2. The molecule has 0 bridgehead atoms. The van der Waals surface area contributed by atoms with Crippen molar-refractivity contribution < 1.29 is 18.0 Å². The zero-order chi connectivity index (χ0) is 22.3. The predicted octanol–water partition coefficient (Wildman–Crippen LogP) is 2.27. The number of hydrogen-bond donors (Lipinski definition) is 3. The number of amides is 3. The minimum atomic E-state index is -4.02. The van der Waals surface area contributed by atoms with Gasteiger partial charge in [0.25, 0.3) is 15.9 Å². The van der Waals surface area contributed by atoms with Gasteiger partial charge in [-0.05, 0) is 43.2 Å². The van der Waals surface area contributed by atoms with Gasteiger partial charge in [-0.15, -0.1) is 0 Å². The number of anilines is 1. The van der Waals surface area contributed by atoms with E-state index in [2.05, 4.69) is 20.6 Å². The molecule has 9 nitrogen and oxygen atoms in total. The Morgan fingerprint density at radius 2 is 1.65 bits per heavy atom. The molecule has 0 fully saturated rings. The maximum atomic E-state index is 12.4. The van der Waals surface area contributed by atoms with Gasteiger partial charge in [0.2, 0.25) is 0 Å². The lowest BCUT2D eigenvalue weighted by Crippen LogP contribution is -2.34. The van der Waals surface area contributed by atoms with Crippen molar-refractivity contribution in [2.24, 2.45) is 0 Å². The van der Waals surface area contributed by atoms with Gasteiger partial charge in [-0.1, -0.05) is 30.3 Å². The van der Waals surface area contributed by atoms with Crippen LogP contribution in [0.3, 0.4) is 0 Å². The van der Waals surface area contributed by atoms with Crippen molar-refractivity contribution in [2.75, 3.05) is 11.9 Å². The maximum Gasteiger partial charge on any atom is 0.333 e. The molecule has 3 aromatic rings. The van der Waals surface area contributed by atoms with Gasteiger partial charge >= 0.3 is 6.03 Å². The minimum Gasteiger partial charge on any atom is -0.350 e. The Labute approximate surface area is 180 Å². The normalized spacial score (nSPS) is 10.9. The fraction of sp³-hybridized carbons (Fsp3) is 0.143. The van der Waals surface area contributed by atoms with Crippen LogP contribution in [0.5, 0.6) is 0 Å². The van der Waals surface area contributed by atoms with Gasteiger partial charge in [-0.2, -0.15) is 0 Å². The lowest BCUT2D eigenvalue weighted by atomic mass is 10.1. The summed E-state index contributed by atoms with van der Waals surface area (Å²) in [7, 11) is -4.02. The van der Waals surface area contributed by atoms with Gasteiger partial charge in [0.05, 0.1) is 16.8 Å². The summed E-state index contributed by atoms with van der Waals surface area (Å²) in [6.45, 7) is 2.13. The molecular formula is C21H21N5O4S. The Morgan fingerprint density at radius 1 is 0.935 bits per heavy atom. The molecule has 10 heteroatoms. The van der Waals surface area contributed by atoms with Crippen LogP contribution < -0.4 is 15.4 Å². The molecule has 0 atom stereocenters. The van der Waals surface area contributed by atoms with Gasteiger partial charge in [0, 0.05) is 18.4 Å². The zero-order valence-electron chi connectivity index (χ0n) is 16.7. The summed E-state index contributed by atoms with van der Waals surface area (Å²) in [5.74, 6) is -0.333. The van der Waals surface area contributed by atoms with Gasteiger partial charge in [0.15, 0.2) is 0 Å². The number of para-hydroxylation sites is 1. The Kier molecular flexibility index (Phi) is 6.93. The SMILES string of the molecule is Cc1cnc(C(=O)NCCc2ccc(S(=O)(=O)NC(=O)Nc3ccccc3)cc2)cn1. The van der Waals surface area contributed by atoms with E-state index in [0.717, 1.165) is 11.3 Å². The first-order valence-electron chi connectivity index (χ1n) is 9.38. The van der Waals surface area contributed by atoms with E-state index >= 15 is 0 Å². The number of carbonyl (C=O) groups is 2. The van der Waals surface area contributed by atoms with Crippen LogP contribution in [0, 0.1) is 6.92 Å². The van der Waals surface area contributed by atoms with Gasteiger partial charge in [0.1, 0.15) is 5.69 Å². The van der Waals surface area contributed by atoms with Crippen molar-refractivity contribution in [3.8, 4) is 0 Å². The summed E-state index contributed by atoms with van der Waals surface area (Å²) in [6.07, 6.45) is 3.42. The monoisotopic (exact) mass is 439 g/mol. The van der Waals surface area contributed by atoms with Gasteiger partial charge in [-0.25, -0.2) is 22.9 Å². The van der Waals surface area contributed by atoms with E-state index < -0.39 is 16.1 Å². The van der Waals surface area contributed by atoms with Crippen LogP contribution in [0.25, 0.3) is 0 Å². The molecule has 3 N–H and O–H groups in total. The predicted molar refractivity (Wildman–Crippen MR) is 115 cm³/mol. The van der Waals surface area contributed by atoms with E-state index in [1.54, 1.807) is 49.4 Å². The third-order valence-electron chi connectivity index (χ3n) is 4.21. The van der Waals surface area contributed by atoms with E-state index in [-0.39, 0.29) is 16.5 Å². The second-order valence-electron chi connectivity index (χ2n) is 6.62. The zero-order valence-corrected chi connectivity index (χ0v) is 17.5. The Morgan fingerprint density at radius 3 is 2.29 bits per heavy atom. The number of benzene rings is 2. The maximum absolute atomic E-state index is 12.4. The molecule has 1 aromatic heterocycles. The topological polar surface area (TPSA) is 130 Å². The van der Waals surface area contributed by atoms with Gasteiger partial charge in [-0.3, -0.25) is 9.78 Å². The standard InChI is InChI=1S/C21H21N5O4S/c1-15-13-24-19(14-23-15)20(27)22-12-11-16-7-9-18(10-8-16)31(29,30)26-21(28)25-17-5-3-2-4-6-17/h2-10,13-14H,11-12H2,1H3,(H,22,27)(H2,25,26,28). The highest BCUT2D eigenvalue weighted by atomic mass is 32.2. The lowest BCUT2D eigenvalue weighted by molar-refractivity contribution is 0.0948. The van der Waals surface area contributed by atoms with Gasteiger partial charge < -0.3 is 10.6 Å². The molecular weight excluding hydrogens is 418 g/mol. The van der Waals surface area contributed by atoms with Crippen molar-refractivity contribution in [3.63, 3.8) is 0 Å². The largest absolute Gasteiger partial charge is 0.350 e. The Hall–Kier alpha value is -3.79. The second-order valence-corrected chi connectivity index (χ2v) is 8.30. The number of rotatable bonds is 7. The first-order chi connectivity index (χ1) is 14.8. The first kappa shape index (κ1) is 21.9. The number of sulfonamides is 1. The molecule has 0 saturated carbocycles. The van der Waals surface area contributed by atoms with Crippen LogP contribution in [-0.2, 0) is 16.4 Å². The number of carbonyl (C=O) groups excluding carboxylic acids is 2. The highest BCUT2D eigenvalue weighted by molar-refractivity contribution is 7.90. The summed E-state index contributed by atoms with van der Waals surface area (Å²) in [6, 6.07) is 13.7. The summed E-state index contributed by atoms with van der Waals surface area (Å²) < 4.78 is 26.7. The number of urea groups is 1. The summed E-state index contributed by atoms with van der Waals surface area (Å²) in [5, 5.41) is 5.19. The van der Waals surface area contributed by atoms with E-state index in [1.807, 2.05) is 4.72 Å². The fourth-order valence-electron chi connectivity index (χ4n) is 2.62. The van der Waals surface area contributed by atoms with Crippen molar-refractivity contribution in [3.05, 3.63) is 83.9 Å². The number of nitrogens with one attached hydrogen (secondary N) is 3. The molecule has 0 saturated heterocycles. The summed E-state index contributed by atoms with van der Waals surface area (Å²) in [4.78, 5) is 32.0. The molecule has 0 radical (unpaired) electrons. The molecule has 3 rings (SSSR count). The van der Waals surface area contributed by atoms with E-state index in [9.17, 15) is 18.0 Å². The molecule has 0 aliphatic carbocycles. The average molecular weight is 439 g/mol. The van der Waals surface area contributed by atoms with E-state index in [4.69, 9.17) is 0 Å². The molecule has 0 aliphatic rings. The third kappa shape index (κ3) is 6.34. The quantitative estimate of drug-likeness (QED) is 0.518. The molecule has 0 aliphatic heterocycles. The first-order valence-corrected chi connectivity index (χ1v) is 10.9. The highest BCUT2D eigenvalue weighted by Crippen LogP contribution is 2.12. The van der Waals surface area contributed by atoms with Crippen molar-refractivity contribution in [1.29, 1.82) is 0 Å². The summed E-state index contributed by atoms with van der Waals surface area (Å²) in [5.41, 5.74) is 2.25. The number of aryl methyl sites for hydroxylation is 1. The second kappa shape index (κ2) is 9.81. The van der Waals surface area contributed by atoms with Crippen molar-refractivity contribution in [1.82, 2.24) is 20.0 Å². The third-order valence-corrected chi connectivity index (χ3v) is 5.55. The molecule has 3 amide bonds. The minimum absolute atomic E-state index is 0.0431. The molecule has 2 aromatic carbocycles. The molecule has 1 heterocycles. The average Bonchev–Trinajstić information content (AvgIpc) is 2.75. The Bertz CT molecular complexity index is 1150. The van der Waals surface area contributed by atoms with Crippen molar-refractivity contribution in [2.45, 2.75) is 18.2 Å². The van der Waals surface area contributed by atoms with Crippen molar-refractivity contribution >= 4 is 27.6 Å². The Balaban J connectivity index is 1.52. The summed E-state index contributed by atoms with van der Waals surface area (Å²) >= 11 is 0. The lowest BCUT2D eigenvalue weighted by Gasteiger charge is -2.09. The molecule has 160 valence electrons. The van der Waals surface area contributed by atoms with E-state index in [0.29, 0.717) is 18.7 Å². The van der Waals surface area contributed by atoms with Crippen LogP contribution in [0.15, 0.2) is 71.9 Å². The molecule has 31 heavy (non-hydrogen) atoms. The smallest absolute Gasteiger partial charge is 0.333 e. The van der Waals surface area contributed by atoms with Crippen LogP contribution in [0.4, 0.5) is 10.5 Å². The number of hydrogen-bond acceptors (Lipinski definition) is 6. The number of nitrogens with zero attached hydrogens (tertiary/aromatic N) is 2. The fourth-order valence-corrected chi connectivity index (χ4v) is 3.52. The molecule has 0 spiro atoms. The van der Waals surface area contributed by atoms with E-state index in [1.165, 1.54) is 24.5 Å². The molecule has 0 unspecified atom stereocenters. The van der Waals surface area contributed by atoms with Crippen LogP contribution in [0.2, 0.25) is 0 Å². The van der Waals surface area contributed by atoms with Crippen LogP contribution >= 0.6 is 0 Å². The van der Waals surface area contributed by atoms with Crippen LogP contribution in [-0.4, -0.2) is 36.9 Å². The van der Waals surface area contributed by atoms with Crippen LogP contribution in [0.1, 0.15) is 21.7 Å².